The van der Waals surface area contributed by atoms with Crippen LogP contribution >= 0.6 is 11.6 Å². The lowest BCUT2D eigenvalue weighted by Crippen LogP contribution is -2.10. The van der Waals surface area contributed by atoms with Crippen molar-refractivity contribution in [2.75, 3.05) is 0 Å². The lowest BCUT2D eigenvalue weighted by Gasteiger charge is -2.02. The molecule has 0 aliphatic carbocycles. The van der Waals surface area contributed by atoms with Crippen molar-refractivity contribution in [3.63, 3.8) is 0 Å². The first-order chi connectivity index (χ1) is 8.33. The summed E-state index contributed by atoms with van der Waals surface area (Å²) < 4.78 is 3.48. The summed E-state index contributed by atoms with van der Waals surface area (Å²) >= 11 is 5.66. The predicted molar refractivity (Wildman–Crippen MR) is 61.4 cm³/mol. The van der Waals surface area contributed by atoms with E-state index >= 15 is 0 Å². The molecular weight excluding hydrogens is 242 g/mol. The molecule has 0 aliphatic rings. The summed E-state index contributed by atoms with van der Waals surface area (Å²) in [6.07, 6.45) is 3.97. The van der Waals surface area contributed by atoms with Crippen molar-refractivity contribution >= 4 is 11.6 Å². The smallest absolute Gasteiger partial charge is 0.172 e. The topological polar surface area (TPSA) is 74.3 Å². The summed E-state index contributed by atoms with van der Waals surface area (Å²) in [6.45, 7) is 3.48. The first kappa shape index (κ1) is 12.0. The summed E-state index contributed by atoms with van der Waals surface area (Å²) in [5.74, 6) is 1.14. The van der Waals surface area contributed by atoms with Gasteiger partial charge in [0.05, 0.1) is 17.8 Å². The summed E-state index contributed by atoms with van der Waals surface area (Å²) in [6, 6.07) is 0. The van der Waals surface area contributed by atoms with Crippen LogP contribution in [-0.2, 0) is 19.0 Å². The van der Waals surface area contributed by atoms with Gasteiger partial charge in [-0.15, -0.1) is 21.8 Å². The van der Waals surface area contributed by atoms with Crippen molar-refractivity contribution < 1.29 is 0 Å². The van der Waals surface area contributed by atoms with Crippen LogP contribution in [0.5, 0.6) is 0 Å². The third-order valence-corrected chi connectivity index (χ3v) is 2.63. The van der Waals surface area contributed by atoms with Crippen molar-refractivity contribution in [1.29, 1.82) is 0 Å². The molecule has 0 amide bonds. The number of halogens is 1. The molecule has 0 spiro atoms. The Balaban J connectivity index is 2.04. The first-order valence-electron chi connectivity index (χ1n) is 5.53. The molecule has 0 radical (unpaired) electrons. The van der Waals surface area contributed by atoms with Crippen LogP contribution in [0.2, 0.25) is 0 Å². The molecule has 0 N–H and O–H groups in total. The van der Waals surface area contributed by atoms with Crippen LogP contribution in [0.1, 0.15) is 31.3 Å². The van der Waals surface area contributed by atoms with E-state index in [2.05, 4.69) is 32.8 Å². The molecule has 92 valence electrons. The number of hydrogen-bond donors (Lipinski definition) is 0. The van der Waals surface area contributed by atoms with Gasteiger partial charge in [-0.3, -0.25) is 0 Å². The van der Waals surface area contributed by atoms with Gasteiger partial charge >= 0.3 is 0 Å². The van der Waals surface area contributed by atoms with Crippen molar-refractivity contribution in [1.82, 2.24) is 35.2 Å². The SMILES string of the molecule is CCCCn1nnnc1Cn1cc(CCl)nn1. The maximum Gasteiger partial charge on any atom is 0.172 e. The molecule has 8 heteroatoms. The molecular formula is C9H14ClN7. The summed E-state index contributed by atoms with van der Waals surface area (Å²) in [5.41, 5.74) is 0.749. The third kappa shape index (κ3) is 3.00. The monoisotopic (exact) mass is 255 g/mol. The van der Waals surface area contributed by atoms with Gasteiger partial charge in [0.15, 0.2) is 5.82 Å². The molecule has 2 rings (SSSR count). The van der Waals surface area contributed by atoms with E-state index in [1.165, 1.54) is 0 Å². The molecule has 2 aromatic heterocycles. The van der Waals surface area contributed by atoms with E-state index in [4.69, 9.17) is 11.6 Å². The molecule has 2 heterocycles. The second-order valence-electron chi connectivity index (χ2n) is 3.71. The molecule has 0 saturated carbocycles. The lowest BCUT2D eigenvalue weighted by molar-refractivity contribution is 0.511. The minimum atomic E-state index is 0.362. The van der Waals surface area contributed by atoms with Crippen molar-refractivity contribution in [2.45, 2.75) is 38.7 Å². The molecule has 0 fully saturated rings. The molecule has 0 bridgehead atoms. The Bertz CT molecular complexity index is 463. The second-order valence-corrected chi connectivity index (χ2v) is 3.98. The maximum atomic E-state index is 5.66. The number of unbranched alkanes of at least 4 members (excludes halogenated alkanes) is 1. The number of rotatable bonds is 6. The van der Waals surface area contributed by atoms with E-state index < -0.39 is 0 Å². The highest BCUT2D eigenvalue weighted by Gasteiger charge is 2.07. The largest absolute Gasteiger partial charge is 0.245 e. The van der Waals surface area contributed by atoms with Gasteiger partial charge in [-0.25, -0.2) is 9.36 Å². The van der Waals surface area contributed by atoms with Crippen LogP contribution in [0.15, 0.2) is 6.20 Å². The van der Waals surface area contributed by atoms with Gasteiger partial charge in [-0.05, 0) is 16.8 Å². The minimum Gasteiger partial charge on any atom is -0.245 e. The van der Waals surface area contributed by atoms with Crippen molar-refractivity contribution in [3.8, 4) is 0 Å². The number of alkyl halides is 1. The van der Waals surface area contributed by atoms with E-state index in [1.807, 2.05) is 0 Å². The van der Waals surface area contributed by atoms with Crippen LogP contribution in [0.4, 0.5) is 0 Å². The van der Waals surface area contributed by atoms with E-state index in [-0.39, 0.29) is 0 Å². The maximum absolute atomic E-state index is 5.66. The van der Waals surface area contributed by atoms with E-state index in [0.717, 1.165) is 30.9 Å². The quantitative estimate of drug-likeness (QED) is 0.716. The summed E-state index contributed by atoms with van der Waals surface area (Å²) in [4.78, 5) is 0. The van der Waals surface area contributed by atoms with E-state index in [1.54, 1.807) is 15.6 Å². The van der Waals surface area contributed by atoms with Gasteiger partial charge in [0.25, 0.3) is 0 Å². The van der Waals surface area contributed by atoms with Gasteiger partial charge in [0, 0.05) is 6.54 Å². The Morgan fingerprint density at radius 2 is 2.18 bits per heavy atom. The van der Waals surface area contributed by atoms with Crippen LogP contribution < -0.4 is 0 Å². The molecule has 0 unspecified atom stereocenters. The molecule has 0 aromatic carbocycles. The molecule has 0 atom stereocenters. The van der Waals surface area contributed by atoms with Gasteiger partial charge < -0.3 is 0 Å². The normalized spacial score (nSPS) is 10.9. The van der Waals surface area contributed by atoms with Crippen molar-refractivity contribution in [3.05, 3.63) is 17.7 Å². The summed E-state index contributed by atoms with van der Waals surface area (Å²) in [5, 5.41) is 19.5. The van der Waals surface area contributed by atoms with Crippen LogP contribution in [0.3, 0.4) is 0 Å². The van der Waals surface area contributed by atoms with Crippen molar-refractivity contribution in [2.24, 2.45) is 0 Å². The number of aromatic nitrogens is 7. The number of nitrogens with zero attached hydrogens (tertiary/aromatic N) is 7. The number of hydrogen-bond acceptors (Lipinski definition) is 5. The molecule has 17 heavy (non-hydrogen) atoms. The van der Waals surface area contributed by atoms with Gasteiger partial charge in [0.1, 0.15) is 6.54 Å². The zero-order valence-electron chi connectivity index (χ0n) is 9.62. The molecule has 7 nitrogen and oxygen atoms in total. The van der Waals surface area contributed by atoms with E-state index in [0.29, 0.717) is 12.4 Å². The summed E-state index contributed by atoms with van der Waals surface area (Å²) in [7, 11) is 0. The van der Waals surface area contributed by atoms with Gasteiger partial charge in [-0.2, -0.15) is 0 Å². The highest BCUT2D eigenvalue weighted by molar-refractivity contribution is 6.16. The van der Waals surface area contributed by atoms with Gasteiger partial charge in [0.2, 0.25) is 0 Å². The number of tetrazole rings is 1. The average molecular weight is 256 g/mol. The Morgan fingerprint density at radius 1 is 1.29 bits per heavy atom. The second kappa shape index (κ2) is 5.72. The minimum absolute atomic E-state index is 0.362. The Morgan fingerprint density at radius 3 is 2.88 bits per heavy atom. The predicted octanol–water partition coefficient (Wildman–Crippen LogP) is 0.852. The fourth-order valence-electron chi connectivity index (χ4n) is 1.44. The molecule has 2 aromatic rings. The Hall–Kier alpha value is -1.50. The van der Waals surface area contributed by atoms with E-state index in [9.17, 15) is 0 Å². The lowest BCUT2D eigenvalue weighted by atomic mass is 10.3. The van der Waals surface area contributed by atoms with Crippen LogP contribution in [0, 0.1) is 0 Å². The molecule has 0 saturated heterocycles. The van der Waals surface area contributed by atoms with Crippen LogP contribution in [0.25, 0.3) is 0 Å². The fourth-order valence-corrected chi connectivity index (χ4v) is 1.56. The number of aryl methyl sites for hydroxylation is 1. The Labute approximate surface area is 104 Å². The zero-order chi connectivity index (χ0) is 12.1. The third-order valence-electron chi connectivity index (χ3n) is 2.36. The highest BCUT2D eigenvalue weighted by atomic mass is 35.5. The van der Waals surface area contributed by atoms with Crippen LogP contribution in [-0.4, -0.2) is 35.2 Å². The van der Waals surface area contributed by atoms with Gasteiger partial charge in [-0.1, -0.05) is 18.6 Å². The molecule has 0 aliphatic heterocycles. The first-order valence-corrected chi connectivity index (χ1v) is 6.07. The highest BCUT2D eigenvalue weighted by Crippen LogP contribution is 2.02. The average Bonchev–Trinajstić information content (AvgIpc) is 2.96. The fraction of sp³-hybridized carbons (Fsp3) is 0.667. The Kier molecular flexibility index (Phi) is 4.03. The standard InChI is InChI=1S/C9H14ClN7/c1-2-3-4-17-9(12-13-15-17)7-16-6-8(5-10)11-14-16/h6H,2-5,7H2,1H3. The zero-order valence-corrected chi connectivity index (χ0v) is 10.4.